The van der Waals surface area contributed by atoms with E-state index in [9.17, 15) is 19.6 Å². The Bertz CT molecular complexity index is 1040. The number of carbonyl (C=O) groups is 3. The molecule has 7 atom stereocenters. The van der Waals surface area contributed by atoms with E-state index in [4.69, 9.17) is 5.73 Å². The minimum absolute atomic E-state index is 0.0436. The predicted molar refractivity (Wildman–Crippen MR) is 120 cm³/mol. The number of carbonyl (C=O) groups excluding carboxylic acids is 3. The van der Waals surface area contributed by atoms with Gasteiger partial charge in [-0.15, -0.1) is 0 Å². The Morgan fingerprint density at radius 1 is 1.30 bits per heavy atom. The van der Waals surface area contributed by atoms with Crippen molar-refractivity contribution in [3.05, 3.63) is 35.4 Å². The number of likely N-dealkylation sites (tertiary alicyclic amines) is 3. The summed E-state index contributed by atoms with van der Waals surface area (Å²) in [6.07, 6.45) is 2.44. The zero-order chi connectivity index (χ0) is 23.4. The SMILES string of the molecule is CNC(=O)c1cccc([C@H](C)N2C(=O)[C@@H]3C[C@H]2CN3C[C@H](N)C(=O)N2[C@H](C#N)C[C@@H]3C[C@@H]32)c1. The molecule has 0 aromatic heterocycles. The smallest absolute Gasteiger partial charge is 0.251 e. The molecule has 9 nitrogen and oxygen atoms in total. The van der Waals surface area contributed by atoms with Crippen molar-refractivity contribution in [3.63, 3.8) is 0 Å². The molecule has 3 aliphatic heterocycles. The Morgan fingerprint density at radius 2 is 2.09 bits per heavy atom. The Morgan fingerprint density at radius 3 is 2.79 bits per heavy atom. The van der Waals surface area contributed by atoms with Gasteiger partial charge in [0.15, 0.2) is 0 Å². The number of piperidine rings is 1. The van der Waals surface area contributed by atoms with Crippen LogP contribution in [0.3, 0.4) is 0 Å². The van der Waals surface area contributed by atoms with E-state index in [0.717, 1.165) is 18.4 Å². The van der Waals surface area contributed by atoms with E-state index in [1.54, 1.807) is 18.0 Å². The van der Waals surface area contributed by atoms with Crippen molar-refractivity contribution in [3.8, 4) is 6.07 Å². The summed E-state index contributed by atoms with van der Waals surface area (Å²) in [4.78, 5) is 43.9. The Balaban J connectivity index is 1.24. The number of amides is 3. The number of piperazine rings is 1. The van der Waals surface area contributed by atoms with Crippen molar-refractivity contribution in [1.82, 2.24) is 20.0 Å². The minimum Gasteiger partial charge on any atom is -0.355 e. The summed E-state index contributed by atoms with van der Waals surface area (Å²) in [5, 5.41) is 12.0. The summed E-state index contributed by atoms with van der Waals surface area (Å²) >= 11 is 0. The molecule has 33 heavy (non-hydrogen) atoms. The minimum atomic E-state index is -0.734. The summed E-state index contributed by atoms with van der Waals surface area (Å²) in [6, 6.07) is 8.30. The molecule has 3 saturated heterocycles. The third kappa shape index (κ3) is 3.58. The highest BCUT2D eigenvalue weighted by Crippen LogP contribution is 2.48. The first kappa shape index (κ1) is 21.9. The van der Waals surface area contributed by atoms with Crippen LogP contribution in [0.4, 0.5) is 0 Å². The van der Waals surface area contributed by atoms with Crippen LogP contribution in [0.25, 0.3) is 0 Å². The molecule has 3 heterocycles. The van der Waals surface area contributed by atoms with Crippen LogP contribution in [0.5, 0.6) is 0 Å². The Kier molecular flexibility index (Phi) is 5.38. The van der Waals surface area contributed by atoms with Crippen LogP contribution in [0, 0.1) is 17.2 Å². The molecule has 0 unspecified atom stereocenters. The zero-order valence-electron chi connectivity index (χ0n) is 19.0. The Hall–Kier alpha value is -2.96. The molecule has 1 aromatic carbocycles. The summed E-state index contributed by atoms with van der Waals surface area (Å²) in [5.74, 6) is 0.171. The molecule has 3 N–H and O–H groups in total. The number of fused-ring (bicyclic) bond motifs is 3. The number of benzene rings is 1. The number of nitriles is 1. The predicted octanol–water partition coefficient (Wildman–Crippen LogP) is 0.233. The van der Waals surface area contributed by atoms with Gasteiger partial charge in [0.1, 0.15) is 6.04 Å². The maximum Gasteiger partial charge on any atom is 0.251 e. The molecule has 1 aromatic rings. The molecule has 1 saturated carbocycles. The lowest BCUT2D eigenvalue weighted by atomic mass is 10.0. The third-order valence-electron chi connectivity index (χ3n) is 7.85. The number of nitrogens with two attached hydrogens (primary N) is 1. The molecular weight excluding hydrogens is 420 g/mol. The molecule has 9 heteroatoms. The molecule has 0 spiro atoms. The van der Waals surface area contributed by atoms with Crippen LogP contribution in [0.1, 0.15) is 48.1 Å². The van der Waals surface area contributed by atoms with E-state index in [2.05, 4.69) is 11.4 Å². The average molecular weight is 451 g/mol. The summed E-state index contributed by atoms with van der Waals surface area (Å²) in [6.45, 7) is 2.99. The lowest BCUT2D eigenvalue weighted by Gasteiger charge is -2.38. The van der Waals surface area contributed by atoms with Crippen molar-refractivity contribution in [2.24, 2.45) is 11.7 Å². The van der Waals surface area contributed by atoms with Crippen molar-refractivity contribution >= 4 is 17.7 Å². The Labute approximate surface area is 193 Å². The van der Waals surface area contributed by atoms with Gasteiger partial charge >= 0.3 is 0 Å². The number of hydrogen-bond acceptors (Lipinski definition) is 6. The highest BCUT2D eigenvalue weighted by molar-refractivity contribution is 5.94. The van der Waals surface area contributed by atoms with Gasteiger partial charge in [-0.1, -0.05) is 12.1 Å². The van der Waals surface area contributed by atoms with Crippen molar-refractivity contribution in [2.45, 2.75) is 62.4 Å². The second kappa shape index (κ2) is 8.12. The number of hydrogen-bond donors (Lipinski definition) is 2. The second-order valence-corrected chi connectivity index (χ2v) is 9.78. The van der Waals surface area contributed by atoms with Gasteiger partial charge in [0.05, 0.1) is 24.2 Å². The lowest BCUT2D eigenvalue weighted by Crippen LogP contribution is -2.57. The number of nitrogens with one attached hydrogen (secondary N) is 1. The van der Waals surface area contributed by atoms with Crippen LogP contribution >= 0.6 is 0 Å². The second-order valence-electron chi connectivity index (χ2n) is 9.78. The molecule has 1 aliphatic carbocycles. The summed E-state index contributed by atoms with van der Waals surface area (Å²) in [7, 11) is 1.60. The maximum atomic E-state index is 13.3. The molecule has 2 bridgehead atoms. The summed E-state index contributed by atoms with van der Waals surface area (Å²) < 4.78 is 0. The van der Waals surface area contributed by atoms with E-state index in [0.29, 0.717) is 31.0 Å². The van der Waals surface area contributed by atoms with Crippen LogP contribution in [-0.4, -0.2) is 82.8 Å². The number of nitrogens with zero attached hydrogens (tertiary/aromatic N) is 4. The van der Waals surface area contributed by atoms with E-state index in [-0.39, 0.29) is 47.9 Å². The van der Waals surface area contributed by atoms with Crippen LogP contribution < -0.4 is 11.1 Å². The van der Waals surface area contributed by atoms with E-state index < -0.39 is 6.04 Å². The van der Waals surface area contributed by atoms with Gasteiger partial charge in [0.25, 0.3) is 5.91 Å². The van der Waals surface area contributed by atoms with Crippen molar-refractivity contribution in [1.29, 1.82) is 5.26 Å². The quantitative estimate of drug-likeness (QED) is 0.640. The van der Waals surface area contributed by atoms with Gasteiger partial charge < -0.3 is 20.9 Å². The molecule has 4 fully saturated rings. The maximum absolute atomic E-state index is 13.3. The standard InChI is InChI=1S/C24H30N6O3/c1-13(14-4-3-5-15(6-14)22(31)27-2)29-18-9-21(24(29)33)28(11-18)12-19(26)23(32)30-17(10-25)7-16-8-20(16)30/h3-6,13,16-21H,7-9,11-12,26H2,1-2H3,(H,27,31)/t13-,16+,17-,18-,19-,20-,21-/m0/s1. The van der Waals surface area contributed by atoms with Gasteiger partial charge in [-0.25, -0.2) is 0 Å². The molecule has 3 amide bonds. The molecular formula is C24H30N6O3. The third-order valence-corrected chi connectivity index (χ3v) is 7.85. The van der Waals surface area contributed by atoms with E-state index >= 15 is 0 Å². The topological polar surface area (TPSA) is 123 Å². The molecule has 5 rings (SSSR count). The lowest BCUT2D eigenvalue weighted by molar-refractivity contribution is -0.141. The average Bonchev–Trinajstić information content (AvgIpc) is 3.15. The van der Waals surface area contributed by atoms with E-state index in [1.165, 1.54) is 0 Å². The van der Waals surface area contributed by atoms with Crippen LogP contribution in [0.2, 0.25) is 0 Å². The van der Waals surface area contributed by atoms with Gasteiger partial charge in [-0.05, 0) is 49.8 Å². The zero-order valence-corrected chi connectivity index (χ0v) is 19.0. The van der Waals surface area contributed by atoms with Crippen LogP contribution in [-0.2, 0) is 9.59 Å². The monoisotopic (exact) mass is 450 g/mol. The normalized spacial score (nSPS) is 31.8. The molecule has 0 radical (unpaired) electrons. The van der Waals surface area contributed by atoms with Gasteiger partial charge in [-0.3, -0.25) is 19.3 Å². The first-order valence-electron chi connectivity index (χ1n) is 11.7. The van der Waals surface area contributed by atoms with Gasteiger partial charge in [0.2, 0.25) is 11.8 Å². The fourth-order valence-electron chi connectivity index (χ4n) is 6.05. The van der Waals surface area contributed by atoms with Gasteiger partial charge in [0, 0.05) is 37.8 Å². The molecule has 4 aliphatic rings. The van der Waals surface area contributed by atoms with E-state index in [1.807, 2.05) is 34.9 Å². The fraction of sp³-hybridized carbons (Fsp3) is 0.583. The van der Waals surface area contributed by atoms with Crippen molar-refractivity contribution in [2.75, 3.05) is 20.1 Å². The largest absolute Gasteiger partial charge is 0.355 e. The first-order valence-corrected chi connectivity index (χ1v) is 11.7. The first-order chi connectivity index (χ1) is 15.8. The van der Waals surface area contributed by atoms with Gasteiger partial charge in [-0.2, -0.15) is 5.26 Å². The fourth-order valence-corrected chi connectivity index (χ4v) is 6.05. The number of rotatable bonds is 6. The highest BCUT2D eigenvalue weighted by Gasteiger charge is 2.56. The highest BCUT2D eigenvalue weighted by atomic mass is 16.2. The van der Waals surface area contributed by atoms with Crippen LogP contribution in [0.15, 0.2) is 24.3 Å². The molecule has 174 valence electrons. The van der Waals surface area contributed by atoms with Crippen molar-refractivity contribution < 1.29 is 14.4 Å². The summed E-state index contributed by atoms with van der Waals surface area (Å²) in [5.41, 5.74) is 7.78.